The first-order chi connectivity index (χ1) is 6.65. The van der Waals surface area contributed by atoms with Gasteiger partial charge in [0, 0.05) is 0 Å². The molecule has 0 unspecified atom stereocenters. The number of H-pyrrole nitrogens is 1. The van der Waals surface area contributed by atoms with E-state index in [0.717, 1.165) is 10.6 Å². The molecule has 0 bridgehead atoms. The van der Waals surface area contributed by atoms with Crippen LogP contribution in [0.4, 0.5) is 0 Å². The highest BCUT2D eigenvalue weighted by Gasteiger charge is 2.03. The van der Waals surface area contributed by atoms with Crippen molar-refractivity contribution in [3.63, 3.8) is 0 Å². The first-order valence-electron chi connectivity index (χ1n) is 3.87. The van der Waals surface area contributed by atoms with Crippen molar-refractivity contribution in [3.8, 4) is 5.88 Å². The van der Waals surface area contributed by atoms with Crippen molar-refractivity contribution in [2.45, 2.75) is 6.73 Å². The third kappa shape index (κ3) is 2.44. The molecule has 0 saturated heterocycles. The van der Waals surface area contributed by atoms with Crippen LogP contribution in [0.25, 0.3) is 0 Å². The molecular formula is C7H10N2O5. The fourth-order valence-electron chi connectivity index (χ4n) is 0.853. The molecule has 14 heavy (non-hydrogen) atoms. The minimum absolute atomic E-state index is 0.0466. The SMILES string of the molecule is O=c1cc(O)n(COCCO)c(=O)[nH]1. The van der Waals surface area contributed by atoms with Gasteiger partial charge in [-0.1, -0.05) is 0 Å². The lowest BCUT2D eigenvalue weighted by molar-refractivity contribution is 0.0416. The summed E-state index contributed by atoms with van der Waals surface area (Å²) in [4.78, 5) is 23.7. The predicted molar refractivity (Wildman–Crippen MR) is 46.0 cm³/mol. The second-order valence-corrected chi connectivity index (χ2v) is 2.49. The topological polar surface area (TPSA) is 105 Å². The van der Waals surface area contributed by atoms with Crippen molar-refractivity contribution in [2.75, 3.05) is 13.2 Å². The third-order valence-electron chi connectivity index (χ3n) is 1.47. The molecule has 0 amide bonds. The molecule has 0 aliphatic carbocycles. The van der Waals surface area contributed by atoms with Gasteiger partial charge in [-0.15, -0.1) is 0 Å². The molecule has 0 spiro atoms. The summed E-state index contributed by atoms with van der Waals surface area (Å²) in [6.45, 7) is -0.355. The van der Waals surface area contributed by atoms with Gasteiger partial charge in [0.15, 0.2) is 0 Å². The Labute approximate surface area is 78.2 Å². The highest BCUT2D eigenvalue weighted by atomic mass is 16.5. The van der Waals surface area contributed by atoms with Crippen LogP contribution in [0.2, 0.25) is 0 Å². The monoisotopic (exact) mass is 202 g/mol. The number of nitrogens with one attached hydrogen (secondary N) is 1. The molecule has 1 heterocycles. The number of aliphatic hydroxyl groups excluding tert-OH is 1. The van der Waals surface area contributed by atoms with E-state index in [1.54, 1.807) is 0 Å². The molecule has 0 atom stereocenters. The Bertz CT molecular complexity index is 407. The Morgan fingerprint density at radius 3 is 2.79 bits per heavy atom. The van der Waals surface area contributed by atoms with E-state index in [-0.39, 0.29) is 19.9 Å². The summed E-state index contributed by atoms with van der Waals surface area (Å²) in [7, 11) is 0. The summed E-state index contributed by atoms with van der Waals surface area (Å²) < 4.78 is 5.63. The highest BCUT2D eigenvalue weighted by Crippen LogP contribution is 1.99. The van der Waals surface area contributed by atoms with E-state index in [1.807, 2.05) is 4.98 Å². The largest absolute Gasteiger partial charge is 0.494 e. The maximum atomic E-state index is 11.1. The summed E-state index contributed by atoms with van der Waals surface area (Å²) in [6, 6.07) is 0.865. The van der Waals surface area contributed by atoms with E-state index in [1.165, 1.54) is 0 Å². The van der Waals surface area contributed by atoms with Crippen LogP contribution in [0, 0.1) is 0 Å². The Balaban J connectivity index is 2.86. The van der Waals surface area contributed by atoms with Gasteiger partial charge in [-0.25, -0.2) is 9.36 Å². The molecule has 1 aromatic heterocycles. The average Bonchev–Trinajstić information content (AvgIpc) is 2.09. The van der Waals surface area contributed by atoms with Crippen LogP contribution >= 0.6 is 0 Å². The summed E-state index contributed by atoms with van der Waals surface area (Å²) in [5.41, 5.74) is -1.43. The van der Waals surface area contributed by atoms with Crippen LogP contribution in [0.5, 0.6) is 5.88 Å². The fourth-order valence-corrected chi connectivity index (χ4v) is 0.853. The first kappa shape index (κ1) is 10.5. The van der Waals surface area contributed by atoms with Crippen molar-refractivity contribution < 1.29 is 14.9 Å². The van der Waals surface area contributed by atoms with Gasteiger partial charge in [0.25, 0.3) is 5.56 Å². The van der Waals surface area contributed by atoms with Gasteiger partial charge in [-0.2, -0.15) is 0 Å². The molecule has 3 N–H and O–H groups in total. The van der Waals surface area contributed by atoms with E-state index >= 15 is 0 Å². The minimum Gasteiger partial charge on any atom is -0.494 e. The van der Waals surface area contributed by atoms with E-state index < -0.39 is 17.1 Å². The molecule has 0 aromatic carbocycles. The van der Waals surface area contributed by atoms with Gasteiger partial charge in [0.05, 0.1) is 19.3 Å². The summed E-state index contributed by atoms with van der Waals surface area (Å²) >= 11 is 0. The maximum absolute atomic E-state index is 11.1. The van der Waals surface area contributed by atoms with Gasteiger partial charge < -0.3 is 14.9 Å². The molecule has 1 aromatic rings. The number of hydrogen-bond acceptors (Lipinski definition) is 5. The van der Waals surface area contributed by atoms with Gasteiger partial charge in [0.2, 0.25) is 5.88 Å². The van der Waals surface area contributed by atoms with Gasteiger partial charge in [-0.3, -0.25) is 9.78 Å². The van der Waals surface area contributed by atoms with Gasteiger partial charge in [0.1, 0.15) is 6.73 Å². The molecule has 0 aliphatic rings. The normalized spacial score (nSPS) is 10.4. The molecule has 0 radical (unpaired) electrons. The van der Waals surface area contributed by atoms with Crippen LogP contribution in [-0.2, 0) is 11.5 Å². The molecule has 1 rings (SSSR count). The molecule has 0 aliphatic heterocycles. The van der Waals surface area contributed by atoms with Crippen LogP contribution in [-0.4, -0.2) is 33.0 Å². The zero-order valence-electron chi connectivity index (χ0n) is 7.27. The zero-order valence-corrected chi connectivity index (χ0v) is 7.27. The van der Waals surface area contributed by atoms with E-state index in [0.29, 0.717) is 0 Å². The lowest BCUT2D eigenvalue weighted by Crippen LogP contribution is -2.30. The van der Waals surface area contributed by atoms with E-state index in [4.69, 9.17) is 9.84 Å². The number of hydrogen-bond donors (Lipinski definition) is 3. The van der Waals surface area contributed by atoms with Crippen molar-refractivity contribution in [1.82, 2.24) is 9.55 Å². The number of ether oxygens (including phenoxy) is 1. The molecule has 7 nitrogen and oxygen atoms in total. The number of aliphatic hydroxyl groups is 1. The Kier molecular flexibility index (Phi) is 3.43. The minimum atomic E-state index is -0.757. The van der Waals surface area contributed by atoms with Crippen molar-refractivity contribution >= 4 is 0 Å². The fraction of sp³-hybridized carbons (Fsp3) is 0.429. The van der Waals surface area contributed by atoms with Crippen LogP contribution in [0.15, 0.2) is 15.7 Å². The lowest BCUT2D eigenvalue weighted by Gasteiger charge is -2.06. The number of rotatable bonds is 4. The average molecular weight is 202 g/mol. The van der Waals surface area contributed by atoms with Gasteiger partial charge in [-0.05, 0) is 0 Å². The highest BCUT2D eigenvalue weighted by molar-refractivity contribution is 5.05. The van der Waals surface area contributed by atoms with E-state index in [9.17, 15) is 14.7 Å². The third-order valence-corrected chi connectivity index (χ3v) is 1.47. The Morgan fingerprint density at radius 2 is 2.21 bits per heavy atom. The summed E-state index contributed by atoms with van der Waals surface area (Å²) in [5, 5.41) is 17.6. The first-order valence-corrected chi connectivity index (χ1v) is 3.87. The summed E-state index contributed by atoms with van der Waals surface area (Å²) in [6.07, 6.45) is 0. The maximum Gasteiger partial charge on any atom is 0.333 e. The molecule has 0 saturated carbocycles. The van der Waals surface area contributed by atoms with Crippen LogP contribution in [0.1, 0.15) is 0 Å². The smallest absolute Gasteiger partial charge is 0.333 e. The molecule has 7 heteroatoms. The van der Waals surface area contributed by atoms with Crippen molar-refractivity contribution in [3.05, 3.63) is 26.9 Å². The number of aromatic nitrogens is 2. The van der Waals surface area contributed by atoms with Crippen molar-refractivity contribution in [2.24, 2.45) is 0 Å². The standard InChI is InChI=1S/C7H10N2O5/c10-1-2-14-4-9-6(12)3-5(11)8-7(9)13/h3,10,12H,1-2,4H2,(H,8,11,13). The molecule has 78 valence electrons. The lowest BCUT2D eigenvalue weighted by atomic mass is 10.6. The van der Waals surface area contributed by atoms with Gasteiger partial charge >= 0.3 is 5.69 Å². The second kappa shape index (κ2) is 4.58. The zero-order chi connectivity index (χ0) is 10.6. The Morgan fingerprint density at radius 1 is 1.50 bits per heavy atom. The van der Waals surface area contributed by atoms with Crippen molar-refractivity contribution in [1.29, 1.82) is 0 Å². The van der Waals surface area contributed by atoms with Crippen LogP contribution in [0.3, 0.4) is 0 Å². The van der Waals surface area contributed by atoms with Crippen LogP contribution < -0.4 is 11.2 Å². The molecular weight excluding hydrogens is 192 g/mol. The summed E-state index contributed by atoms with van der Waals surface area (Å²) in [5.74, 6) is -0.475. The predicted octanol–water partition coefficient (Wildman–Crippen LogP) is -1.79. The van der Waals surface area contributed by atoms with E-state index in [2.05, 4.69) is 0 Å². The number of aromatic amines is 1. The number of aromatic hydroxyl groups is 1. The number of nitrogens with zero attached hydrogens (tertiary/aromatic N) is 1. The second-order valence-electron chi connectivity index (χ2n) is 2.49. The molecule has 0 fully saturated rings. The quantitative estimate of drug-likeness (QED) is 0.500. The Hall–Kier alpha value is -1.60.